The Morgan fingerprint density at radius 1 is 1.88 bits per heavy atom. The molecule has 8 heavy (non-hydrogen) atoms. The van der Waals surface area contributed by atoms with Crippen molar-refractivity contribution in [2.75, 3.05) is 0 Å². The van der Waals surface area contributed by atoms with Gasteiger partial charge < -0.3 is 5.73 Å². The molecule has 3 nitrogen and oxygen atoms in total. The first-order chi connectivity index (χ1) is 3.72. The van der Waals surface area contributed by atoms with Gasteiger partial charge in [0, 0.05) is 0 Å². The highest BCUT2D eigenvalue weighted by Gasteiger charge is 1.99. The van der Waals surface area contributed by atoms with Gasteiger partial charge in [0.15, 0.2) is 0 Å². The molecule has 0 aliphatic heterocycles. The van der Waals surface area contributed by atoms with Crippen molar-refractivity contribution in [2.24, 2.45) is 10.1 Å². The number of nitrogens with two attached hydrogens (primary N) is 1. The van der Waals surface area contributed by atoms with Gasteiger partial charge in [-0.1, -0.05) is 6.92 Å². The second-order valence-electron chi connectivity index (χ2n) is 1.26. The van der Waals surface area contributed by atoms with Crippen LogP contribution in [-0.4, -0.2) is 11.6 Å². The van der Waals surface area contributed by atoms with Crippen LogP contribution in [0.25, 0.3) is 0 Å². The molecule has 0 spiro atoms. The first-order valence-electron chi connectivity index (χ1n) is 2.23. The maximum absolute atomic E-state index is 10.2. The fourth-order valence-electron chi connectivity index (χ4n) is 0.294. The summed E-state index contributed by atoms with van der Waals surface area (Å²) < 4.78 is 3.34. The highest BCUT2D eigenvalue weighted by atomic mass is 32.1. The normalized spacial score (nSPS) is 11.5. The molecular weight excluding hydrogens is 124 g/mol. The zero-order valence-corrected chi connectivity index (χ0v) is 5.48. The van der Waals surface area contributed by atoms with Gasteiger partial charge in [-0.3, -0.25) is 4.79 Å². The summed E-state index contributed by atoms with van der Waals surface area (Å²) in [7, 11) is 0. The third-order valence-corrected chi connectivity index (χ3v) is 0.981. The molecule has 0 aromatic heterocycles. The minimum Gasteiger partial charge on any atom is -0.365 e. The number of carbonyl (C=O) groups is 1. The van der Waals surface area contributed by atoms with E-state index in [4.69, 9.17) is 5.73 Å². The molecule has 46 valence electrons. The van der Waals surface area contributed by atoms with Crippen LogP contribution in [0.2, 0.25) is 0 Å². The van der Waals surface area contributed by atoms with E-state index in [1.807, 2.05) is 0 Å². The minimum atomic E-state index is -0.498. The Morgan fingerprint density at radius 3 is 2.38 bits per heavy atom. The number of primary amides is 1. The van der Waals surface area contributed by atoms with Crippen LogP contribution in [0.1, 0.15) is 13.3 Å². The SMILES string of the molecule is CC/C(=N/S)C(N)=O. The highest BCUT2D eigenvalue weighted by Crippen LogP contribution is 1.86. The van der Waals surface area contributed by atoms with Gasteiger partial charge in [-0.05, 0) is 19.2 Å². The van der Waals surface area contributed by atoms with Crippen LogP contribution in [0.3, 0.4) is 0 Å². The van der Waals surface area contributed by atoms with Crippen molar-refractivity contribution >= 4 is 24.4 Å². The van der Waals surface area contributed by atoms with Crippen molar-refractivity contribution in [1.82, 2.24) is 0 Å². The van der Waals surface area contributed by atoms with Gasteiger partial charge in [-0.25, -0.2) is 4.40 Å². The summed E-state index contributed by atoms with van der Waals surface area (Å²) in [5, 5.41) is 0. The van der Waals surface area contributed by atoms with Crippen LogP contribution in [-0.2, 0) is 4.79 Å². The second kappa shape index (κ2) is 3.49. The summed E-state index contributed by atoms with van der Waals surface area (Å²) in [5.41, 5.74) is 5.15. The Morgan fingerprint density at radius 2 is 2.38 bits per heavy atom. The first kappa shape index (κ1) is 7.49. The third-order valence-electron chi connectivity index (χ3n) is 0.740. The van der Waals surface area contributed by atoms with E-state index in [0.29, 0.717) is 12.1 Å². The zero-order chi connectivity index (χ0) is 6.57. The predicted molar refractivity (Wildman–Crippen MR) is 35.9 cm³/mol. The van der Waals surface area contributed by atoms with E-state index in [0.717, 1.165) is 0 Å². The van der Waals surface area contributed by atoms with Crippen LogP contribution >= 0.6 is 12.8 Å². The lowest BCUT2D eigenvalue weighted by molar-refractivity contribution is -0.112. The molecule has 0 fully saturated rings. The predicted octanol–water partition coefficient (Wildman–Crippen LogP) is 0.168. The lowest BCUT2D eigenvalue weighted by Crippen LogP contribution is -2.21. The molecule has 0 rings (SSSR count). The summed E-state index contributed by atoms with van der Waals surface area (Å²) in [5.74, 6) is -0.498. The molecule has 4 heteroatoms. The number of hydrogen-bond acceptors (Lipinski definition) is 3. The molecule has 0 aromatic rings. The lowest BCUT2D eigenvalue weighted by Gasteiger charge is -1.90. The van der Waals surface area contributed by atoms with Crippen LogP contribution in [0, 0.1) is 0 Å². The third kappa shape index (κ3) is 1.97. The summed E-state index contributed by atoms with van der Waals surface area (Å²) in [6.45, 7) is 1.79. The van der Waals surface area contributed by atoms with Crippen molar-refractivity contribution in [1.29, 1.82) is 0 Å². The van der Waals surface area contributed by atoms with E-state index < -0.39 is 5.91 Å². The van der Waals surface area contributed by atoms with E-state index in [-0.39, 0.29) is 0 Å². The number of carbonyl (C=O) groups excluding carboxylic acids is 1. The highest BCUT2D eigenvalue weighted by molar-refractivity contribution is 7.79. The maximum Gasteiger partial charge on any atom is 0.263 e. The van der Waals surface area contributed by atoms with Crippen molar-refractivity contribution in [2.45, 2.75) is 13.3 Å². The van der Waals surface area contributed by atoms with Crippen molar-refractivity contribution in [3.63, 3.8) is 0 Å². The Bertz CT molecular complexity index is 121. The molecule has 0 bridgehead atoms. The Labute approximate surface area is 53.5 Å². The largest absolute Gasteiger partial charge is 0.365 e. The fourth-order valence-corrected chi connectivity index (χ4v) is 0.534. The molecular formula is C4H8N2OS. The number of nitrogens with zero attached hydrogens (tertiary/aromatic N) is 1. The van der Waals surface area contributed by atoms with E-state index in [2.05, 4.69) is 17.2 Å². The molecule has 0 radical (unpaired) electrons. The van der Waals surface area contributed by atoms with Gasteiger partial charge in [0.25, 0.3) is 5.91 Å². The van der Waals surface area contributed by atoms with Crippen molar-refractivity contribution < 1.29 is 4.79 Å². The number of hydrogen-bond donors (Lipinski definition) is 2. The summed E-state index contributed by atoms with van der Waals surface area (Å²) in [4.78, 5) is 10.2. The number of amides is 1. The van der Waals surface area contributed by atoms with Gasteiger partial charge >= 0.3 is 0 Å². The number of thiol groups is 1. The Balaban J connectivity index is 3.92. The van der Waals surface area contributed by atoms with Gasteiger partial charge in [-0.15, -0.1) is 0 Å². The van der Waals surface area contributed by atoms with Gasteiger partial charge in [0.2, 0.25) is 0 Å². The quantitative estimate of drug-likeness (QED) is 0.408. The average molecular weight is 132 g/mol. The summed E-state index contributed by atoms with van der Waals surface area (Å²) in [6, 6.07) is 0. The maximum atomic E-state index is 10.2. The Kier molecular flexibility index (Phi) is 3.26. The molecule has 0 aliphatic carbocycles. The molecule has 0 heterocycles. The van der Waals surface area contributed by atoms with Crippen molar-refractivity contribution in [3.8, 4) is 0 Å². The average Bonchev–Trinajstić information content (AvgIpc) is 1.69. The monoisotopic (exact) mass is 132 g/mol. The van der Waals surface area contributed by atoms with Gasteiger partial charge in [0.1, 0.15) is 5.71 Å². The molecule has 0 atom stereocenters. The Hall–Kier alpha value is -0.510. The van der Waals surface area contributed by atoms with E-state index in [9.17, 15) is 4.79 Å². The van der Waals surface area contributed by atoms with Gasteiger partial charge in [0.05, 0.1) is 0 Å². The van der Waals surface area contributed by atoms with E-state index in [1.165, 1.54) is 0 Å². The second-order valence-corrected chi connectivity index (χ2v) is 1.46. The standard InChI is InChI=1S/C4H8N2OS/c1-2-3(6-8)4(5)7/h8H,2H2,1H3,(H2,5,7)/b6-3-. The van der Waals surface area contributed by atoms with Gasteiger partial charge in [-0.2, -0.15) is 0 Å². The van der Waals surface area contributed by atoms with E-state index >= 15 is 0 Å². The van der Waals surface area contributed by atoms with Crippen LogP contribution in [0.4, 0.5) is 0 Å². The van der Waals surface area contributed by atoms with Crippen LogP contribution < -0.4 is 5.73 Å². The van der Waals surface area contributed by atoms with Crippen LogP contribution in [0.5, 0.6) is 0 Å². The smallest absolute Gasteiger partial charge is 0.263 e. The van der Waals surface area contributed by atoms with E-state index in [1.54, 1.807) is 6.92 Å². The molecule has 0 aliphatic rings. The molecule has 0 unspecified atom stereocenters. The molecule has 0 saturated carbocycles. The topological polar surface area (TPSA) is 55.4 Å². The lowest BCUT2D eigenvalue weighted by atomic mass is 10.3. The first-order valence-corrected chi connectivity index (χ1v) is 2.63. The van der Waals surface area contributed by atoms with Crippen molar-refractivity contribution in [3.05, 3.63) is 0 Å². The fraction of sp³-hybridized carbons (Fsp3) is 0.500. The molecule has 0 saturated heterocycles. The molecule has 1 amide bonds. The molecule has 2 N–H and O–H groups in total. The minimum absolute atomic E-state index is 0.313. The summed E-state index contributed by atoms with van der Waals surface area (Å²) in [6.07, 6.45) is 0.541. The van der Waals surface area contributed by atoms with Crippen LogP contribution in [0.15, 0.2) is 4.40 Å². The summed E-state index contributed by atoms with van der Waals surface area (Å²) >= 11 is 3.52. The number of rotatable bonds is 2. The zero-order valence-electron chi connectivity index (χ0n) is 4.59. The molecule has 0 aromatic carbocycles.